The quantitative estimate of drug-likeness (QED) is 0.114. The van der Waals surface area contributed by atoms with Crippen LogP contribution in [0.1, 0.15) is 122 Å². The fourth-order valence-electron chi connectivity index (χ4n) is 24.2. The molecule has 0 N–H and O–H groups in total. The van der Waals surface area contributed by atoms with Crippen molar-refractivity contribution in [3.8, 4) is 124 Å². The molecule has 18 aromatic carbocycles. The van der Waals surface area contributed by atoms with E-state index < -0.39 is 23.5 Å². The number of fused-ring (bicyclic) bond motifs is 12. The van der Waals surface area contributed by atoms with Gasteiger partial charge >= 0.3 is 12.4 Å². The summed E-state index contributed by atoms with van der Waals surface area (Å²) in [7, 11) is 0. The van der Waals surface area contributed by atoms with Gasteiger partial charge in [-0.3, -0.25) is 0 Å². The maximum atomic E-state index is 15.5. The van der Waals surface area contributed by atoms with E-state index in [0.29, 0.717) is 39.4 Å². The summed E-state index contributed by atoms with van der Waals surface area (Å²) in [5.74, 6) is 0. The maximum Gasteiger partial charge on any atom is 0.416 e. The van der Waals surface area contributed by atoms with E-state index in [9.17, 15) is 23.7 Å². The van der Waals surface area contributed by atoms with Crippen molar-refractivity contribution in [2.75, 3.05) is 0 Å². The molecule has 0 atom stereocenters. The van der Waals surface area contributed by atoms with Crippen LogP contribution in [0.2, 0.25) is 0 Å². The van der Waals surface area contributed by atoms with E-state index in [-0.39, 0.29) is 16.7 Å². The van der Waals surface area contributed by atoms with Crippen molar-refractivity contribution >= 4 is 87.2 Å². The Bertz CT molecular complexity index is 8880. The Morgan fingerprint density at radius 1 is 0.190 bits per heavy atom. The third kappa shape index (κ3) is 15.6. The van der Waals surface area contributed by atoms with Crippen molar-refractivity contribution in [3.63, 3.8) is 0 Å². The minimum atomic E-state index is -4.69. The topological polar surface area (TPSA) is 67.3 Å². The number of hydrogen-bond donors (Lipinski definition) is 0. The summed E-state index contributed by atoms with van der Waals surface area (Å²) >= 11 is 0. The molecule has 22 aromatic rings. The van der Waals surface area contributed by atoms with Crippen LogP contribution in [0.4, 0.5) is 26.3 Å². The highest BCUT2D eigenvalue weighted by molar-refractivity contribution is 6.17. The van der Waals surface area contributed by atoms with Crippen molar-refractivity contribution in [3.05, 3.63) is 426 Å². The molecule has 4 aromatic heterocycles. The van der Waals surface area contributed by atoms with E-state index in [1.807, 2.05) is 60.7 Å². The number of alkyl halides is 6. The molecule has 0 saturated carbocycles. The lowest BCUT2D eigenvalue weighted by Crippen LogP contribution is -2.08. The molecular formula is C130H104F6N6. The third-order valence-corrected chi connectivity index (χ3v) is 29.1. The van der Waals surface area contributed by atoms with Crippen LogP contribution in [0, 0.1) is 147 Å². The van der Waals surface area contributed by atoms with E-state index >= 15 is 13.2 Å². The summed E-state index contributed by atoms with van der Waals surface area (Å²) in [6.45, 7) is 38.4. The number of para-hydroxylation sites is 2. The average molecular weight is 1860 g/mol. The molecule has 0 unspecified atom stereocenters. The van der Waals surface area contributed by atoms with Crippen LogP contribution in [0.25, 0.3) is 199 Å². The highest BCUT2D eigenvalue weighted by Crippen LogP contribution is 2.52. The molecule has 0 aliphatic carbocycles. The molecular weight excluding hydrogens is 1760 g/mol. The fraction of sp³-hybridized carbons (Fsp3) is 0.154. The minimum Gasteiger partial charge on any atom is -0.309 e. The second-order valence-corrected chi connectivity index (χ2v) is 39.5. The zero-order valence-electron chi connectivity index (χ0n) is 82.8. The number of hydrogen-bond acceptors (Lipinski definition) is 2. The first-order chi connectivity index (χ1) is 68.0. The number of aromatic nitrogens is 4. The number of halogens is 6. The van der Waals surface area contributed by atoms with Gasteiger partial charge in [-0.15, -0.1) is 0 Å². The van der Waals surface area contributed by atoms with Crippen LogP contribution in [-0.4, -0.2) is 18.3 Å². The molecule has 22 rings (SSSR count). The van der Waals surface area contributed by atoms with Gasteiger partial charge in [0, 0.05) is 65.3 Å². The van der Waals surface area contributed by atoms with E-state index in [0.717, 1.165) is 138 Å². The van der Waals surface area contributed by atoms with Gasteiger partial charge in [-0.1, -0.05) is 191 Å². The molecule has 0 fully saturated rings. The normalized spacial score (nSPS) is 11.9. The van der Waals surface area contributed by atoms with Crippen LogP contribution >= 0.6 is 0 Å². The number of aryl methyl sites for hydroxylation is 18. The Hall–Kier alpha value is -16.3. The van der Waals surface area contributed by atoms with Crippen LogP contribution in [-0.2, 0) is 12.4 Å². The lowest BCUT2D eigenvalue weighted by Gasteiger charge is -2.21. The van der Waals surface area contributed by atoms with Crippen LogP contribution in [0.3, 0.4) is 0 Å². The number of rotatable bonds is 12. The lowest BCUT2D eigenvalue weighted by molar-refractivity contribution is -0.138. The van der Waals surface area contributed by atoms with Crippen LogP contribution < -0.4 is 0 Å². The van der Waals surface area contributed by atoms with Gasteiger partial charge in [0.1, 0.15) is 0 Å². The van der Waals surface area contributed by atoms with E-state index in [4.69, 9.17) is 0 Å². The summed E-state index contributed by atoms with van der Waals surface area (Å²) in [6, 6.07) is 105. The Labute approximate surface area is 823 Å². The second kappa shape index (κ2) is 34.9. The van der Waals surface area contributed by atoms with Crippen LogP contribution in [0.5, 0.6) is 0 Å². The molecule has 4 heterocycles. The Morgan fingerprint density at radius 2 is 0.394 bits per heavy atom. The summed E-state index contributed by atoms with van der Waals surface area (Å²) in [5.41, 5.74) is 44.2. The zero-order valence-corrected chi connectivity index (χ0v) is 82.8. The molecule has 0 radical (unpaired) electrons. The first kappa shape index (κ1) is 92.1. The molecule has 0 aliphatic heterocycles. The summed E-state index contributed by atoms with van der Waals surface area (Å²) < 4.78 is 99.6. The highest BCUT2D eigenvalue weighted by atomic mass is 19.4. The molecule has 12 heteroatoms. The molecule has 696 valence electrons. The maximum absolute atomic E-state index is 15.5. The summed E-state index contributed by atoms with van der Waals surface area (Å²) in [4.78, 5) is 0. The van der Waals surface area contributed by atoms with Gasteiger partial charge in [-0.2, -0.15) is 36.9 Å². The van der Waals surface area contributed by atoms with Crippen LogP contribution in [0.15, 0.2) is 303 Å². The summed E-state index contributed by atoms with van der Waals surface area (Å²) in [5, 5.41) is 30.1. The first-order valence-corrected chi connectivity index (χ1v) is 48.2. The Morgan fingerprint density at radius 3 is 0.613 bits per heavy atom. The van der Waals surface area contributed by atoms with Gasteiger partial charge in [0.05, 0.1) is 101 Å². The predicted molar refractivity (Wildman–Crippen MR) is 578 cm³/mol. The Balaban J connectivity index is 0.000000173. The fourth-order valence-corrected chi connectivity index (χ4v) is 24.2. The van der Waals surface area contributed by atoms with E-state index in [1.54, 1.807) is 24.3 Å². The molecule has 0 spiro atoms. The van der Waals surface area contributed by atoms with Gasteiger partial charge in [0.25, 0.3) is 0 Å². The van der Waals surface area contributed by atoms with Crippen molar-refractivity contribution < 1.29 is 26.3 Å². The summed E-state index contributed by atoms with van der Waals surface area (Å²) in [6.07, 6.45) is -9.32. The van der Waals surface area contributed by atoms with E-state index in [2.05, 4.69) is 349 Å². The molecule has 0 saturated heterocycles. The standard InChI is InChI=1S/C74H62F3N3.C56H42F3N3/c1-40-26-44(5)69(45(6)27-40)52-16-21-63-58(34-52)59-35-53(70-46(7)28-41(2)29-47(70)8)17-22-64(59)79(63)67-25-20-57(74(75,76)77)38-62(67)73-56(39-78)14-13-15-68(73)80-65-23-18-54(71-48(9)30-42(3)31-49(71)10)36-60(65)61-37-55(19-24-66(61)80)72-50(11)32-43(4)33-51(72)12;1-32-24-34(3)53(35(4)25-32)38-18-21-49-44(28-38)42-13-7-9-15-47(42)61(49)51-23-20-41(56(57,58)59)30-46(51)55-40(31-60)12-11-17-52(55)62-48-16-10-8-14-43(48)45-29-39(19-22-50(45)62)54-36(5)26-33(2)27-37(54)6/h13-38H,1-12H3;7-30H,1-6H3. The highest BCUT2D eigenvalue weighted by Gasteiger charge is 2.36. The van der Waals surface area contributed by atoms with Gasteiger partial charge in [0.15, 0.2) is 0 Å². The van der Waals surface area contributed by atoms with Gasteiger partial charge in [-0.05, 0) is 404 Å². The minimum absolute atomic E-state index is 0.254. The SMILES string of the molecule is Cc1cc(C)c(-c2ccc3c(c2)c2cc(-c4c(C)cc(C)cc4C)ccc2n3-c2ccc(C(F)(F)F)cc2-c2c(C#N)cccc2-n2c3ccc(-c4c(C)cc(C)cc4C)cc3c3cc(-c4c(C)cc(C)cc4C)ccc32)c(C)c1.Cc1cc(C)c(-c2ccc3c(c2)c2ccccc2n3-c2ccc(C(F)(F)F)cc2-c2c(C#N)cccc2-n2c3ccccc3c3cc(-c4c(C)cc(C)cc4C)ccc32)c(C)c1. The second-order valence-electron chi connectivity index (χ2n) is 39.5. The lowest BCUT2D eigenvalue weighted by atomic mass is 9.91. The molecule has 142 heavy (non-hydrogen) atoms. The van der Waals surface area contributed by atoms with Gasteiger partial charge < -0.3 is 18.3 Å². The number of nitriles is 2. The monoisotopic (exact) mass is 1860 g/mol. The predicted octanol–water partition coefficient (Wildman–Crippen LogP) is 36.4. The average Bonchev–Trinajstić information content (AvgIpc) is 1.56. The zero-order chi connectivity index (χ0) is 99.6. The first-order valence-electron chi connectivity index (χ1n) is 48.2. The number of nitrogens with zero attached hydrogens (tertiary/aromatic N) is 6. The van der Waals surface area contributed by atoms with Crippen molar-refractivity contribution in [2.24, 2.45) is 0 Å². The Kier molecular flexibility index (Phi) is 22.7. The van der Waals surface area contributed by atoms with Gasteiger partial charge in [-0.25, -0.2) is 0 Å². The van der Waals surface area contributed by atoms with Crippen molar-refractivity contribution in [1.29, 1.82) is 10.5 Å². The third-order valence-electron chi connectivity index (χ3n) is 29.1. The molecule has 0 aliphatic rings. The molecule has 0 bridgehead atoms. The van der Waals surface area contributed by atoms with Gasteiger partial charge in [0.2, 0.25) is 0 Å². The van der Waals surface area contributed by atoms with Crippen molar-refractivity contribution in [2.45, 2.75) is 137 Å². The number of benzene rings is 18. The molecule has 0 amide bonds. The smallest absolute Gasteiger partial charge is 0.309 e. The van der Waals surface area contributed by atoms with Crippen molar-refractivity contribution in [1.82, 2.24) is 18.3 Å². The molecule has 6 nitrogen and oxygen atoms in total. The largest absolute Gasteiger partial charge is 0.416 e. The van der Waals surface area contributed by atoms with E-state index in [1.165, 1.54) is 141 Å².